The normalized spacial score (nSPS) is 10.3. The van der Waals surface area contributed by atoms with Crippen LogP contribution in [-0.2, 0) is 0 Å². The largest absolute Gasteiger partial charge is 0.322 e. The molecule has 10 heteroatoms. The molecule has 0 aliphatic heterocycles. The van der Waals surface area contributed by atoms with Gasteiger partial charge >= 0.3 is 0 Å². The van der Waals surface area contributed by atoms with E-state index in [0.717, 1.165) is 17.7 Å². The second-order valence-electron chi connectivity index (χ2n) is 6.97. The molecule has 0 heterocycles. The van der Waals surface area contributed by atoms with Crippen LogP contribution in [-0.4, -0.2) is 21.7 Å². The van der Waals surface area contributed by atoms with Gasteiger partial charge in [0, 0.05) is 17.3 Å². The van der Waals surface area contributed by atoms with E-state index < -0.39 is 33.0 Å². The van der Waals surface area contributed by atoms with Crippen LogP contribution in [0, 0.1) is 34.1 Å². The minimum atomic E-state index is -0.815. The smallest absolute Gasteiger partial charge is 0.279 e. The van der Waals surface area contributed by atoms with Crippen molar-refractivity contribution in [2.45, 2.75) is 13.8 Å². The SMILES string of the molecule is Cc1cccc(NC(=O)c2ccccc2NC(=O)c2cc([N+](=O)[O-])cc([N+](=O)[O-])c2C)c1. The van der Waals surface area contributed by atoms with Gasteiger partial charge < -0.3 is 10.6 Å². The molecule has 0 atom stereocenters. The summed E-state index contributed by atoms with van der Waals surface area (Å²) in [4.78, 5) is 46.5. The summed E-state index contributed by atoms with van der Waals surface area (Å²) in [5.41, 5.74) is 0.428. The van der Waals surface area contributed by atoms with E-state index in [0.29, 0.717) is 5.69 Å². The summed E-state index contributed by atoms with van der Waals surface area (Å²) in [6, 6.07) is 15.1. The van der Waals surface area contributed by atoms with Gasteiger partial charge in [-0.25, -0.2) is 0 Å². The number of nitro groups is 2. The highest BCUT2D eigenvalue weighted by Crippen LogP contribution is 2.29. The maximum Gasteiger partial charge on any atom is 0.279 e. The van der Waals surface area contributed by atoms with Crippen LogP contribution in [0.3, 0.4) is 0 Å². The lowest BCUT2D eigenvalue weighted by Gasteiger charge is -2.13. The Morgan fingerprint density at radius 2 is 1.47 bits per heavy atom. The van der Waals surface area contributed by atoms with Gasteiger partial charge in [-0.05, 0) is 43.7 Å². The Bertz CT molecular complexity index is 1250. The minimum absolute atomic E-state index is 0.0280. The first kappa shape index (κ1) is 22.1. The molecule has 32 heavy (non-hydrogen) atoms. The zero-order chi connectivity index (χ0) is 23.4. The first-order valence-corrected chi connectivity index (χ1v) is 9.39. The summed E-state index contributed by atoms with van der Waals surface area (Å²) in [7, 11) is 0. The van der Waals surface area contributed by atoms with Gasteiger partial charge in [-0.2, -0.15) is 0 Å². The fraction of sp³-hybridized carbons (Fsp3) is 0.0909. The van der Waals surface area contributed by atoms with Gasteiger partial charge in [0.15, 0.2) is 0 Å². The standard InChI is InChI=1S/C22H18N4O6/c1-13-6-5-7-15(10-13)23-21(27)17-8-3-4-9-19(17)24-22(28)18-11-16(25(29)30)12-20(14(18)2)26(31)32/h3-12H,1-2H3,(H,23,27)(H,24,28). The van der Waals surface area contributed by atoms with Crippen molar-refractivity contribution >= 4 is 34.6 Å². The second kappa shape index (κ2) is 9.04. The summed E-state index contributed by atoms with van der Waals surface area (Å²) >= 11 is 0. The molecule has 0 aliphatic rings. The van der Waals surface area contributed by atoms with Crippen LogP contribution in [0.15, 0.2) is 60.7 Å². The van der Waals surface area contributed by atoms with Gasteiger partial charge in [-0.15, -0.1) is 0 Å². The quantitative estimate of drug-likeness (QED) is 0.428. The van der Waals surface area contributed by atoms with Gasteiger partial charge in [-0.1, -0.05) is 24.3 Å². The number of hydrogen-bond donors (Lipinski definition) is 2. The van der Waals surface area contributed by atoms with Crippen molar-refractivity contribution in [3.05, 3.63) is 103 Å². The minimum Gasteiger partial charge on any atom is -0.322 e. The van der Waals surface area contributed by atoms with E-state index in [9.17, 15) is 29.8 Å². The fourth-order valence-corrected chi connectivity index (χ4v) is 3.12. The maximum absolute atomic E-state index is 12.9. The van der Waals surface area contributed by atoms with E-state index in [-0.39, 0.29) is 22.4 Å². The molecular formula is C22H18N4O6. The molecule has 0 saturated carbocycles. The van der Waals surface area contributed by atoms with E-state index in [1.807, 2.05) is 13.0 Å². The molecule has 10 nitrogen and oxygen atoms in total. The third kappa shape index (κ3) is 4.75. The highest BCUT2D eigenvalue weighted by Gasteiger charge is 2.25. The fourth-order valence-electron chi connectivity index (χ4n) is 3.12. The van der Waals surface area contributed by atoms with Crippen molar-refractivity contribution in [1.82, 2.24) is 0 Å². The van der Waals surface area contributed by atoms with Crippen molar-refractivity contribution in [3.63, 3.8) is 0 Å². The van der Waals surface area contributed by atoms with Crippen molar-refractivity contribution in [2.24, 2.45) is 0 Å². The molecule has 0 saturated heterocycles. The van der Waals surface area contributed by atoms with Crippen LogP contribution in [0.25, 0.3) is 0 Å². The van der Waals surface area contributed by atoms with E-state index in [2.05, 4.69) is 10.6 Å². The van der Waals surface area contributed by atoms with Crippen molar-refractivity contribution < 1.29 is 19.4 Å². The Hall–Kier alpha value is -4.60. The lowest BCUT2D eigenvalue weighted by atomic mass is 10.0. The molecule has 0 unspecified atom stereocenters. The predicted molar refractivity (Wildman–Crippen MR) is 118 cm³/mol. The number of carbonyl (C=O) groups excluding carboxylic acids is 2. The Labute approximate surface area is 182 Å². The molecule has 2 amide bonds. The molecule has 3 aromatic rings. The third-order valence-corrected chi connectivity index (χ3v) is 4.71. The van der Waals surface area contributed by atoms with Crippen molar-refractivity contribution in [1.29, 1.82) is 0 Å². The van der Waals surface area contributed by atoms with E-state index in [4.69, 9.17) is 0 Å². The zero-order valence-electron chi connectivity index (χ0n) is 17.1. The average molecular weight is 434 g/mol. The number of amides is 2. The number of non-ortho nitro benzene ring substituents is 1. The zero-order valence-corrected chi connectivity index (χ0v) is 17.1. The summed E-state index contributed by atoms with van der Waals surface area (Å²) < 4.78 is 0. The maximum atomic E-state index is 12.9. The molecule has 3 rings (SSSR count). The van der Waals surface area contributed by atoms with Gasteiger partial charge in [0.2, 0.25) is 0 Å². The van der Waals surface area contributed by atoms with Crippen LogP contribution < -0.4 is 10.6 Å². The van der Waals surface area contributed by atoms with Crippen LogP contribution in [0.4, 0.5) is 22.7 Å². The number of aryl methyl sites for hydroxylation is 1. The monoisotopic (exact) mass is 434 g/mol. The molecule has 0 aliphatic carbocycles. The molecule has 0 radical (unpaired) electrons. The van der Waals surface area contributed by atoms with E-state index in [1.165, 1.54) is 19.1 Å². The number of benzene rings is 3. The molecule has 0 bridgehead atoms. The molecule has 162 valence electrons. The summed E-state index contributed by atoms with van der Waals surface area (Å²) in [5.74, 6) is -1.29. The summed E-state index contributed by atoms with van der Waals surface area (Å²) in [6.45, 7) is 3.21. The van der Waals surface area contributed by atoms with Crippen molar-refractivity contribution in [3.8, 4) is 0 Å². The topological polar surface area (TPSA) is 144 Å². The number of carbonyl (C=O) groups is 2. The predicted octanol–water partition coefficient (Wildman–Crippen LogP) is 4.62. The summed E-state index contributed by atoms with van der Waals surface area (Å²) in [6.07, 6.45) is 0. The number of nitrogens with zero attached hydrogens (tertiary/aromatic N) is 2. The first-order valence-electron chi connectivity index (χ1n) is 9.39. The first-order chi connectivity index (χ1) is 15.2. The molecular weight excluding hydrogens is 416 g/mol. The summed E-state index contributed by atoms with van der Waals surface area (Å²) in [5, 5.41) is 27.7. The highest BCUT2D eigenvalue weighted by molar-refractivity contribution is 6.13. The van der Waals surface area contributed by atoms with Crippen LogP contribution in [0.1, 0.15) is 31.8 Å². The Morgan fingerprint density at radius 1 is 0.781 bits per heavy atom. The molecule has 0 spiro atoms. The lowest BCUT2D eigenvalue weighted by molar-refractivity contribution is -0.394. The van der Waals surface area contributed by atoms with Gasteiger partial charge in [-0.3, -0.25) is 29.8 Å². The Kier molecular flexibility index (Phi) is 6.24. The van der Waals surface area contributed by atoms with Crippen LogP contribution >= 0.6 is 0 Å². The van der Waals surface area contributed by atoms with E-state index in [1.54, 1.807) is 30.3 Å². The number of rotatable bonds is 6. The molecule has 2 N–H and O–H groups in total. The molecule has 0 fully saturated rings. The van der Waals surface area contributed by atoms with Gasteiger partial charge in [0.25, 0.3) is 23.2 Å². The van der Waals surface area contributed by atoms with Crippen LogP contribution in [0.5, 0.6) is 0 Å². The van der Waals surface area contributed by atoms with Crippen LogP contribution in [0.2, 0.25) is 0 Å². The number of hydrogen-bond acceptors (Lipinski definition) is 6. The second-order valence-corrected chi connectivity index (χ2v) is 6.97. The van der Waals surface area contributed by atoms with E-state index >= 15 is 0 Å². The highest BCUT2D eigenvalue weighted by atomic mass is 16.6. The average Bonchev–Trinajstić information content (AvgIpc) is 2.73. The Balaban J connectivity index is 1.93. The number of nitro benzene ring substituents is 2. The van der Waals surface area contributed by atoms with Crippen molar-refractivity contribution in [2.75, 3.05) is 10.6 Å². The Morgan fingerprint density at radius 3 is 2.12 bits per heavy atom. The van der Waals surface area contributed by atoms with Gasteiger partial charge in [0.1, 0.15) is 0 Å². The molecule has 3 aromatic carbocycles. The van der Waals surface area contributed by atoms with Gasteiger partial charge in [0.05, 0.1) is 32.7 Å². The number of anilines is 2. The lowest BCUT2D eigenvalue weighted by Crippen LogP contribution is -2.19. The number of nitrogens with one attached hydrogen (secondary N) is 2. The third-order valence-electron chi connectivity index (χ3n) is 4.71. The molecule has 0 aromatic heterocycles. The number of para-hydroxylation sites is 1.